The second-order valence-corrected chi connectivity index (χ2v) is 5.44. The van der Waals surface area contributed by atoms with Crippen molar-refractivity contribution in [2.24, 2.45) is 0 Å². The fourth-order valence-electron chi connectivity index (χ4n) is 3.11. The standard InChI is InChI=1S/C20H17NO2/c22-19(23)15-20(16-7-3-1-4-8-16,17-9-5-2-6-10-17)18-11-13-21-14-12-18/h1-14H,15H2,(H,22,23). The van der Waals surface area contributed by atoms with Gasteiger partial charge in [0.05, 0.1) is 11.8 Å². The highest BCUT2D eigenvalue weighted by Gasteiger charge is 2.38. The highest BCUT2D eigenvalue weighted by atomic mass is 16.4. The summed E-state index contributed by atoms with van der Waals surface area (Å²) < 4.78 is 0. The number of hydrogen-bond donors (Lipinski definition) is 1. The zero-order chi connectivity index (χ0) is 16.1. The Bertz CT molecular complexity index is 674. The molecule has 0 bridgehead atoms. The number of carboxylic acids is 1. The van der Waals surface area contributed by atoms with Crippen molar-refractivity contribution in [1.82, 2.24) is 4.98 Å². The van der Waals surface area contributed by atoms with Gasteiger partial charge in [0, 0.05) is 12.4 Å². The van der Waals surface area contributed by atoms with Gasteiger partial charge < -0.3 is 5.11 Å². The van der Waals surface area contributed by atoms with Crippen molar-refractivity contribution in [3.05, 3.63) is 102 Å². The van der Waals surface area contributed by atoms with Crippen LogP contribution >= 0.6 is 0 Å². The molecular formula is C20H17NO2. The van der Waals surface area contributed by atoms with Gasteiger partial charge in [-0.25, -0.2) is 0 Å². The maximum Gasteiger partial charge on any atom is 0.304 e. The smallest absolute Gasteiger partial charge is 0.304 e. The Labute approximate surface area is 135 Å². The number of hydrogen-bond acceptors (Lipinski definition) is 2. The fraction of sp³-hybridized carbons (Fsp3) is 0.100. The quantitative estimate of drug-likeness (QED) is 0.778. The van der Waals surface area contributed by atoms with Crippen LogP contribution in [0.15, 0.2) is 85.2 Å². The molecule has 0 aliphatic rings. The number of carbonyl (C=O) groups is 1. The molecular weight excluding hydrogens is 286 g/mol. The van der Waals surface area contributed by atoms with E-state index < -0.39 is 11.4 Å². The molecule has 114 valence electrons. The number of rotatable bonds is 5. The predicted molar refractivity (Wildman–Crippen MR) is 89.3 cm³/mol. The second kappa shape index (κ2) is 6.44. The zero-order valence-corrected chi connectivity index (χ0v) is 12.6. The van der Waals surface area contributed by atoms with Gasteiger partial charge in [-0.05, 0) is 28.8 Å². The molecule has 0 fully saturated rings. The third-order valence-electron chi connectivity index (χ3n) is 4.12. The summed E-state index contributed by atoms with van der Waals surface area (Å²) in [5.41, 5.74) is 2.10. The fourth-order valence-corrected chi connectivity index (χ4v) is 3.11. The Morgan fingerprint density at radius 2 is 1.22 bits per heavy atom. The number of carboxylic acid groups (broad SMARTS) is 1. The van der Waals surface area contributed by atoms with Gasteiger partial charge in [-0.3, -0.25) is 9.78 Å². The number of pyridine rings is 1. The first kappa shape index (κ1) is 15.0. The summed E-state index contributed by atoms with van der Waals surface area (Å²) in [7, 11) is 0. The first-order chi connectivity index (χ1) is 11.2. The highest BCUT2D eigenvalue weighted by molar-refractivity contribution is 5.72. The Kier molecular flexibility index (Phi) is 4.20. The lowest BCUT2D eigenvalue weighted by Gasteiger charge is -2.34. The first-order valence-corrected chi connectivity index (χ1v) is 7.47. The molecule has 0 radical (unpaired) electrons. The zero-order valence-electron chi connectivity index (χ0n) is 12.6. The molecule has 3 nitrogen and oxygen atoms in total. The minimum atomic E-state index is -0.838. The van der Waals surface area contributed by atoms with Crippen LogP contribution in [0.25, 0.3) is 0 Å². The van der Waals surface area contributed by atoms with E-state index in [1.165, 1.54) is 0 Å². The molecule has 3 rings (SSSR count). The molecule has 2 aromatic carbocycles. The summed E-state index contributed by atoms with van der Waals surface area (Å²) in [4.78, 5) is 15.8. The Hall–Kier alpha value is -2.94. The van der Waals surface area contributed by atoms with Gasteiger partial charge in [-0.15, -0.1) is 0 Å². The molecule has 0 aliphatic carbocycles. The molecule has 0 atom stereocenters. The number of benzene rings is 2. The molecule has 0 saturated carbocycles. The third kappa shape index (κ3) is 2.86. The van der Waals surface area contributed by atoms with E-state index in [0.717, 1.165) is 16.7 Å². The maximum absolute atomic E-state index is 11.7. The molecule has 0 aliphatic heterocycles. The number of aliphatic carboxylic acids is 1. The van der Waals surface area contributed by atoms with E-state index >= 15 is 0 Å². The summed E-state index contributed by atoms with van der Waals surface area (Å²) >= 11 is 0. The van der Waals surface area contributed by atoms with Gasteiger partial charge in [0.2, 0.25) is 0 Å². The van der Waals surface area contributed by atoms with Gasteiger partial charge in [0.15, 0.2) is 0 Å². The molecule has 3 heteroatoms. The Balaban J connectivity index is 2.32. The van der Waals surface area contributed by atoms with E-state index in [2.05, 4.69) is 4.98 Å². The SMILES string of the molecule is O=C(O)CC(c1ccccc1)(c1ccccc1)c1ccncc1. The molecule has 0 amide bonds. The summed E-state index contributed by atoms with van der Waals surface area (Å²) in [6.07, 6.45) is 3.39. The highest BCUT2D eigenvalue weighted by Crippen LogP contribution is 2.41. The molecule has 0 spiro atoms. The molecule has 0 saturated heterocycles. The lowest BCUT2D eigenvalue weighted by Crippen LogP contribution is -2.32. The minimum Gasteiger partial charge on any atom is -0.481 e. The topological polar surface area (TPSA) is 50.2 Å². The van der Waals surface area contributed by atoms with Crippen LogP contribution in [0.3, 0.4) is 0 Å². The van der Waals surface area contributed by atoms with Crippen LogP contribution in [0, 0.1) is 0 Å². The van der Waals surface area contributed by atoms with Crippen LogP contribution in [-0.2, 0) is 10.2 Å². The lowest BCUT2D eigenvalue weighted by atomic mass is 9.67. The van der Waals surface area contributed by atoms with Crippen molar-refractivity contribution >= 4 is 5.97 Å². The van der Waals surface area contributed by atoms with Crippen molar-refractivity contribution in [2.75, 3.05) is 0 Å². The monoisotopic (exact) mass is 303 g/mol. The average Bonchev–Trinajstić information content (AvgIpc) is 2.62. The molecule has 23 heavy (non-hydrogen) atoms. The van der Waals surface area contributed by atoms with Gasteiger partial charge >= 0.3 is 5.97 Å². The van der Waals surface area contributed by atoms with E-state index in [-0.39, 0.29) is 6.42 Å². The van der Waals surface area contributed by atoms with E-state index in [0.29, 0.717) is 0 Å². The number of aromatic nitrogens is 1. The van der Waals surface area contributed by atoms with Gasteiger partial charge in [-0.2, -0.15) is 0 Å². The van der Waals surface area contributed by atoms with Crippen LogP contribution in [0.2, 0.25) is 0 Å². The van der Waals surface area contributed by atoms with Crippen molar-refractivity contribution < 1.29 is 9.90 Å². The van der Waals surface area contributed by atoms with Gasteiger partial charge in [0.25, 0.3) is 0 Å². The van der Waals surface area contributed by atoms with Gasteiger partial charge in [-0.1, -0.05) is 60.7 Å². The summed E-state index contributed by atoms with van der Waals surface area (Å²) in [5, 5.41) is 9.62. The molecule has 3 aromatic rings. The summed E-state index contributed by atoms with van der Waals surface area (Å²) in [6.45, 7) is 0. The maximum atomic E-state index is 11.7. The molecule has 1 heterocycles. The van der Waals surface area contributed by atoms with Crippen molar-refractivity contribution in [3.63, 3.8) is 0 Å². The van der Waals surface area contributed by atoms with Gasteiger partial charge in [0.1, 0.15) is 0 Å². The van der Waals surface area contributed by atoms with Crippen LogP contribution < -0.4 is 0 Å². The van der Waals surface area contributed by atoms with Crippen LogP contribution in [0.1, 0.15) is 23.1 Å². The Morgan fingerprint density at radius 1 is 0.783 bits per heavy atom. The summed E-state index contributed by atoms with van der Waals surface area (Å²) in [6, 6.07) is 23.3. The normalized spacial score (nSPS) is 11.1. The van der Waals surface area contributed by atoms with Crippen molar-refractivity contribution in [3.8, 4) is 0 Å². The molecule has 0 unspecified atom stereocenters. The molecule has 1 N–H and O–H groups in total. The lowest BCUT2D eigenvalue weighted by molar-refractivity contribution is -0.137. The van der Waals surface area contributed by atoms with Crippen LogP contribution in [0.5, 0.6) is 0 Å². The van der Waals surface area contributed by atoms with Crippen LogP contribution in [0.4, 0.5) is 0 Å². The molecule has 1 aromatic heterocycles. The second-order valence-electron chi connectivity index (χ2n) is 5.44. The van der Waals surface area contributed by atoms with E-state index in [9.17, 15) is 9.90 Å². The summed E-state index contributed by atoms with van der Waals surface area (Å²) in [5.74, 6) is -0.838. The third-order valence-corrected chi connectivity index (χ3v) is 4.12. The van der Waals surface area contributed by atoms with Crippen LogP contribution in [-0.4, -0.2) is 16.1 Å². The first-order valence-electron chi connectivity index (χ1n) is 7.47. The largest absolute Gasteiger partial charge is 0.481 e. The van der Waals surface area contributed by atoms with Crippen molar-refractivity contribution in [2.45, 2.75) is 11.8 Å². The van der Waals surface area contributed by atoms with E-state index in [1.54, 1.807) is 12.4 Å². The average molecular weight is 303 g/mol. The van der Waals surface area contributed by atoms with E-state index in [4.69, 9.17) is 0 Å². The minimum absolute atomic E-state index is 0.0228. The van der Waals surface area contributed by atoms with Crippen molar-refractivity contribution in [1.29, 1.82) is 0 Å². The van der Waals surface area contributed by atoms with E-state index in [1.807, 2.05) is 72.8 Å². The Morgan fingerprint density at radius 3 is 1.65 bits per heavy atom. The predicted octanol–water partition coefficient (Wildman–Crippen LogP) is 3.89. The number of nitrogens with zero attached hydrogens (tertiary/aromatic N) is 1.